The summed E-state index contributed by atoms with van der Waals surface area (Å²) in [7, 11) is 3.36. The van der Waals surface area contributed by atoms with Crippen LogP contribution >= 0.6 is 12.2 Å². The third-order valence-corrected chi connectivity index (χ3v) is 7.60. The van der Waals surface area contributed by atoms with E-state index in [4.69, 9.17) is 22.1 Å². The van der Waals surface area contributed by atoms with Gasteiger partial charge in [0.05, 0.1) is 18.4 Å². The number of aryl methyl sites for hydroxylation is 1. The first-order valence-electron chi connectivity index (χ1n) is 12.2. The van der Waals surface area contributed by atoms with E-state index >= 15 is 0 Å². The number of hydrogen-bond acceptors (Lipinski definition) is 5. The lowest BCUT2D eigenvalue weighted by Crippen LogP contribution is -2.56. The summed E-state index contributed by atoms with van der Waals surface area (Å²) in [5.41, 5.74) is 4.27. The van der Waals surface area contributed by atoms with Gasteiger partial charge in [0, 0.05) is 49.0 Å². The standard InChI is InChI=1S/C27H30FN5O2S/c1-32-25(14-24(31-32)17-6-8-20(28)9-7-17)23-16-33-11-10-18(23)13-22(33)15-29-27(36)30-21-5-3-4-19(12-21)26(34)35-2/h3-9,12,14,18,22-23H,10-11,13,15-16H2,1-2H3,(H2,29,30,36). The fourth-order valence-electron chi connectivity index (χ4n) is 5.50. The molecule has 6 rings (SSSR count). The molecular formula is C27H30FN5O2S. The minimum Gasteiger partial charge on any atom is -0.465 e. The van der Waals surface area contributed by atoms with Crippen LogP contribution in [0.5, 0.6) is 0 Å². The third-order valence-electron chi connectivity index (χ3n) is 7.35. The number of ether oxygens (including phenoxy) is 1. The van der Waals surface area contributed by atoms with Crippen LogP contribution in [0.25, 0.3) is 11.3 Å². The molecule has 4 unspecified atom stereocenters. The molecule has 3 aliphatic rings. The van der Waals surface area contributed by atoms with E-state index in [1.807, 2.05) is 17.8 Å². The predicted octanol–water partition coefficient (Wildman–Crippen LogP) is 4.18. The molecule has 4 heterocycles. The van der Waals surface area contributed by atoms with Crippen molar-refractivity contribution in [3.05, 3.63) is 71.7 Å². The maximum absolute atomic E-state index is 13.3. The number of carbonyl (C=O) groups is 1. The van der Waals surface area contributed by atoms with Crippen LogP contribution in [0.2, 0.25) is 0 Å². The molecule has 2 N–H and O–H groups in total. The summed E-state index contributed by atoms with van der Waals surface area (Å²) in [5.74, 6) is 0.386. The van der Waals surface area contributed by atoms with Gasteiger partial charge in [-0.1, -0.05) is 6.07 Å². The zero-order valence-electron chi connectivity index (χ0n) is 20.4. The molecule has 0 radical (unpaired) electrons. The number of hydrogen-bond donors (Lipinski definition) is 2. The summed E-state index contributed by atoms with van der Waals surface area (Å²) in [6, 6.07) is 16.2. The number of nitrogens with one attached hydrogen (secondary N) is 2. The topological polar surface area (TPSA) is 71.4 Å². The molecule has 3 saturated heterocycles. The molecule has 2 bridgehead atoms. The summed E-state index contributed by atoms with van der Waals surface area (Å²) in [6.07, 6.45) is 2.26. The zero-order valence-corrected chi connectivity index (χ0v) is 21.2. The molecule has 9 heteroatoms. The van der Waals surface area contributed by atoms with Crippen molar-refractivity contribution in [1.29, 1.82) is 0 Å². The number of piperidine rings is 3. The lowest BCUT2D eigenvalue weighted by atomic mass is 9.74. The van der Waals surface area contributed by atoms with Gasteiger partial charge in [-0.3, -0.25) is 9.58 Å². The van der Waals surface area contributed by atoms with Gasteiger partial charge in [0.2, 0.25) is 0 Å². The van der Waals surface area contributed by atoms with Crippen molar-refractivity contribution in [2.75, 3.05) is 32.1 Å². The number of methoxy groups -OCH3 is 1. The number of esters is 1. The molecule has 3 fully saturated rings. The lowest BCUT2D eigenvalue weighted by Gasteiger charge is -2.50. The maximum atomic E-state index is 13.3. The number of anilines is 1. The van der Waals surface area contributed by atoms with Crippen LogP contribution in [0, 0.1) is 11.7 Å². The SMILES string of the molecule is COC(=O)c1cccc(NC(=S)NCC2CC3CCN2CC3c2cc(-c3ccc(F)cc3)nn2C)c1. The highest BCUT2D eigenvalue weighted by molar-refractivity contribution is 7.80. The molecule has 0 aliphatic carbocycles. The van der Waals surface area contributed by atoms with Gasteiger partial charge in [-0.05, 0) is 86.1 Å². The van der Waals surface area contributed by atoms with Gasteiger partial charge in [-0.25, -0.2) is 9.18 Å². The molecular weight excluding hydrogens is 477 g/mol. The van der Waals surface area contributed by atoms with E-state index in [0.717, 1.165) is 43.0 Å². The van der Waals surface area contributed by atoms with Crippen LogP contribution in [0.3, 0.4) is 0 Å². The molecule has 2 aromatic carbocycles. The van der Waals surface area contributed by atoms with Crippen LogP contribution in [0.15, 0.2) is 54.6 Å². The molecule has 3 aliphatic heterocycles. The molecule has 4 atom stereocenters. The zero-order chi connectivity index (χ0) is 25.2. The Morgan fingerprint density at radius 1 is 1.22 bits per heavy atom. The normalized spacial score (nSPS) is 22.8. The van der Waals surface area contributed by atoms with Gasteiger partial charge in [0.15, 0.2) is 5.11 Å². The first-order valence-corrected chi connectivity index (χ1v) is 12.6. The molecule has 0 saturated carbocycles. The van der Waals surface area contributed by atoms with E-state index in [1.165, 1.54) is 31.4 Å². The van der Waals surface area contributed by atoms with Crippen LogP contribution in [-0.4, -0.2) is 58.5 Å². The first-order chi connectivity index (χ1) is 17.4. The van der Waals surface area contributed by atoms with Crippen molar-refractivity contribution in [2.45, 2.75) is 24.8 Å². The smallest absolute Gasteiger partial charge is 0.337 e. The van der Waals surface area contributed by atoms with E-state index in [-0.39, 0.29) is 11.8 Å². The number of rotatable bonds is 6. The van der Waals surface area contributed by atoms with Crippen molar-refractivity contribution >= 4 is 29.0 Å². The average molecular weight is 508 g/mol. The first kappa shape index (κ1) is 24.4. The largest absolute Gasteiger partial charge is 0.465 e. The van der Waals surface area contributed by atoms with Crippen LogP contribution in [-0.2, 0) is 11.8 Å². The summed E-state index contributed by atoms with van der Waals surface area (Å²) in [5, 5.41) is 11.8. The Hall–Kier alpha value is -3.30. The fourth-order valence-corrected chi connectivity index (χ4v) is 5.70. The maximum Gasteiger partial charge on any atom is 0.337 e. The monoisotopic (exact) mass is 507 g/mol. The van der Waals surface area contributed by atoms with Crippen molar-refractivity contribution < 1.29 is 13.9 Å². The number of aromatic nitrogens is 2. The predicted molar refractivity (Wildman–Crippen MR) is 141 cm³/mol. The van der Waals surface area contributed by atoms with E-state index < -0.39 is 0 Å². The number of thiocarbonyl (C=S) groups is 1. The van der Waals surface area contributed by atoms with Gasteiger partial charge in [-0.15, -0.1) is 0 Å². The summed E-state index contributed by atoms with van der Waals surface area (Å²) >= 11 is 5.51. The number of nitrogens with zero attached hydrogens (tertiary/aromatic N) is 3. The van der Waals surface area contributed by atoms with Gasteiger partial charge in [0.1, 0.15) is 5.82 Å². The second kappa shape index (κ2) is 10.4. The van der Waals surface area contributed by atoms with Gasteiger partial charge in [-0.2, -0.15) is 5.10 Å². The van der Waals surface area contributed by atoms with Crippen molar-refractivity contribution in [3.8, 4) is 11.3 Å². The Bertz CT molecular complexity index is 1260. The number of benzene rings is 2. The Morgan fingerprint density at radius 2 is 2.03 bits per heavy atom. The molecule has 188 valence electrons. The molecule has 36 heavy (non-hydrogen) atoms. The quantitative estimate of drug-likeness (QED) is 0.383. The molecule has 1 aromatic heterocycles. The van der Waals surface area contributed by atoms with Gasteiger partial charge < -0.3 is 15.4 Å². The number of fused-ring (bicyclic) bond motifs is 3. The van der Waals surface area contributed by atoms with Crippen LogP contribution < -0.4 is 10.6 Å². The van der Waals surface area contributed by atoms with E-state index in [0.29, 0.717) is 28.6 Å². The highest BCUT2D eigenvalue weighted by Gasteiger charge is 2.41. The number of halogens is 1. The molecule has 7 nitrogen and oxygen atoms in total. The summed E-state index contributed by atoms with van der Waals surface area (Å²) in [4.78, 5) is 14.3. The number of carbonyl (C=O) groups excluding carboxylic acids is 1. The Labute approximate surface area is 215 Å². The summed E-state index contributed by atoms with van der Waals surface area (Å²) in [6.45, 7) is 2.83. The minimum absolute atomic E-state index is 0.239. The van der Waals surface area contributed by atoms with E-state index in [2.05, 4.69) is 21.6 Å². The van der Waals surface area contributed by atoms with Gasteiger partial charge >= 0.3 is 5.97 Å². The molecule has 0 spiro atoms. The Kier molecular flexibility index (Phi) is 7.02. The molecule has 0 amide bonds. The fraction of sp³-hybridized carbons (Fsp3) is 0.370. The van der Waals surface area contributed by atoms with Crippen molar-refractivity contribution in [2.24, 2.45) is 13.0 Å². The van der Waals surface area contributed by atoms with Crippen molar-refractivity contribution in [3.63, 3.8) is 0 Å². The second-order valence-electron chi connectivity index (χ2n) is 9.53. The Balaban J connectivity index is 1.19. The van der Waals surface area contributed by atoms with Crippen LogP contribution in [0.4, 0.5) is 10.1 Å². The third kappa shape index (κ3) is 5.12. The summed E-state index contributed by atoms with van der Waals surface area (Å²) < 4.78 is 20.1. The minimum atomic E-state index is -0.378. The second-order valence-corrected chi connectivity index (χ2v) is 9.94. The highest BCUT2D eigenvalue weighted by Crippen LogP contribution is 2.42. The molecule has 3 aromatic rings. The lowest BCUT2D eigenvalue weighted by molar-refractivity contribution is 0.0303. The van der Waals surface area contributed by atoms with Crippen LogP contribution in [0.1, 0.15) is 34.8 Å². The average Bonchev–Trinajstić information content (AvgIpc) is 3.29. The van der Waals surface area contributed by atoms with Crippen molar-refractivity contribution in [1.82, 2.24) is 20.0 Å². The van der Waals surface area contributed by atoms with Gasteiger partial charge in [0.25, 0.3) is 0 Å². The van der Waals surface area contributed by atoms with E-state index in [9.17, 15) is 9.18 Å². The Morgan fingerprint density at radius 3 is 2.75 bits per heavy atom. The highest BCUT2D eigenvalue weighted by atomic mass is 32.1. The van der Waals surface area contributed by atoms with E-state index in [1.54, 1.807) is 30.3 Å².